The molecule has 2 aliphatic rings. The van der Waals surface area contributed by atoms with Crippen LogP contribution in [0, 0.1) is 0 Å². The van der Waals surface area contributed by atoms with Gasteiger partial charge >= 0.3 is 0 Å². The Morgan fingerprint density at radius 3 is 2.57 bits per heavy atom. The van der Waals surface area contributed by atoms with E-state index in [2.05, 4.69) is 34.2 Å². The van der Waals surface area contributed by atoms with Gasteiger partial charge in [0.2, 0.25) is 5.91 Å². The van der Waals surface area contributed by atoms with Gasteiger partial charge in [-0.3, -0.25) is 14.6 Å². The van der Waals surface area contributed by atoms with Crippen LogP contribution in [0.2, 0.25) is 0 Å². The predicted molar refractivity (Wildman–Crippen MR) is 141 cm³/mol. The zero-order chi connectivity index (χ0) is 24.6. The van der Waals surface area contributed by atoms with Crippen molar-refractivity contribution >= 4 is 23.4 Å². The second-order valence-corrected chi connectivity index (χ2v) is 10.2. The third-order valence-corrected chi connectivity index (χ3v) is 7.32. The highest BCUT2D eigenvalue weighted by Gasteiger charge is 2.30. The lowest BCUT2D eigenvalue weighted by Crippen LogP contribution is -2.53. The van der Waals surface area contributed by atoms with Crippen molar-refractivity contribution in [3.05, 3.63) is 48.0 Å². The number of ether oxygens (including phenoxy) is 2. The molecule has 35 heavy (non-hydrogen) atoms. The molecular weight excluding hydrogens is 462 g/mol. The van der Waals surface area contributed by atoms with Crippen LogP contribution in [0.1, 0.15) is 25.3 Å². The van der Waals surface area contributed by atoms with Gasteiger partial charge in [-0.2, -0.15) is 0 Å². The lowest BCUT2D eigenvalue weighted by molar-refractivity contribution is -0.117. The molecule has 0 spiro atoms. The first-order valence-corrected chi connectivity index (χ1v) is 13.8. The second kappa shape index (κ2) is 12.6. The minimum absolute atomic E-state index is 0.0100. The number of benzene rings is 2. The summed E-state index contributed by atoms with van der Waals surface area (Å²) >= 11 is 1.66. The Morgan fingerprint density at radius 2 is 1.86 bits per heavy atom. The molecule has 2 N–H and O–H groups in total. The Morgan fingerprint density at radius 1 is 1.11 bits per heavy atom. The molecule has 8 heteroatoms. The molecule has 2 atom stereocenters. The average molecular weight is 500 g/mol. The van der Waals surface area contributed by atoms with Crippen LogP contribution < -0.4 is 14.8 Å². The number of β-amino-alcohol motifs (C(OH)–C–C–N with tert-alkyl or cyclic N) is 1. The maximum absolute atomic E-state index is 12.5. The summed E-state index contributed by atoms with van der Waals surface area (Å²) < 4.78 is 11.9. The van der Waals surface area contributed by atoms with Crippen molar-refractivity contribution in [2.45, 2.75) is 43.3 Å². The Kier molecular flexibility index (Phi) is 9.31. The number of unbranched alkanes of at least 4 members (excludes halogenated alkanes) is 1. The molecule has 0 radical (unpaired) electrons. The van der Waals surface area contributed by atoms with Gasteiger partial charge in [0.15, 0.2) is 17.6 Å². The van der Waals surface area contributed by atoms with Gasteiger partial charge in [0.1, 0.15) is 12.7 Å². The molecule has 0 bridgehead atoms. The smallest absolute Gasteiger partial charge is 0.238 e. The van der Waals surface area contributed by atoms with Crippen LogP contribution in [0.15, 0.2) is 47.4 Å². The van der Waals surface area contributed by atoms with Crippen LogP contribution >= 0.6 is 11.8 Å². The molecule has 1 saturated heterocycles. The maximum atomic E-state index is 12.5. The number of aliphatic hydroxyl groups is 1. The number of carbonyl (C=O) groups excluding carboxylic acids is 1. The summed E-state index contributed by atoms with van der Waals surface area (Å²) in [6.45, 7) is 6.62. The van der Waals surface area contributed by atoms with Crippen LogP contribution in [-0.2, 0) is 11.2 Å². The number of piperazine rings is 1. The molecule has 2 aliphatic heterocycles. The van der Waals surface area contributed by atoms with Gasteiger partial charge in [-0.1, -0.05) is 25.5 Å². The van der Waals surface area contributed by atoms with Crippen molar-refractivity contribution in [2.75, 3.05) is 57.4 Å². The Bertz CT molecular complexity index is 963. The number of aryl methyl sites for hydroxylation is 1. The summed E-state index contributed by atoms with van der Waals surface area (Å²) in [6, 6.07) is 14.0. The fourth-order valence-corrected chi connectivity index (χ4v) is 4.86. The molecule has 0 aliphatic carbocycles. The van der Waals surface area contributed by atoms with Gasteiger partial charge in [-0.15, -0.1) is 11.8 Å². The number of carbonyl (C=O) groups is 1. The number of anilines is 1. The first-order chi connectivity index (χ1) is 17.0. The molecule has 2 aromatic carbocycles. The van der Waals surface area contributed by atoms with E-state index in [1.54, 1.807) is 11.8 Å². The minimum Gasteiger partial charge on any atom is -0.486 e. The fourth-order valence-electron chi connectivity index (χ4n) is 4.44. The van der Waals surface area contributed by atoms with Gasteiger partial charge in [-0.05, 0) is 55.0 Å². The second-order valence-electron chi connectivity index (χ2n) is 9.27. The molecule has 2 aromatic rings. The molecule has 190 valence electrons. The molecule has 0 aromatic heterocycles. The molecule has 0 saturated carbocycles. The summed E-state index contributed by atoms with van der Waals surface area (Å²) in [4.78, 5) is 18.0. The van der Waals surface area contributed by atoms with E-state index in [1.807, 2.05) is 36.6 Å². The fraction of sp³-hybridized carbons (Fsp3) is 0.519. The number of fused-ring (bicyclic) bond motifs is 1. The quantitative estimate of drug-likeness (QED) is 0.485. The SMILES string of the molecule is CCCCc1ccc(NC(=O)CN2CCN(CC(O)C3COc4cc(SC)ccc4O3)CC2)cc1. The van der Waals surface area contributed by atoms with Gasteiger partial charge in [0, 0.05) is 43.3 Å². The molecular formula is C27H37N3O4S. The third-order valence-electron chi connectivity index (χ3n) is 6.60. The van der Waals surface area contributed by atoms with E-state index in [4.69, 9.17) is 9.47 Å². The lowest BCUT2D eigenvalue weighted by Gasteiger charge is -2.37. The Balaban J connectivity index is 1.17. The van der Waals surface area contributed by atoms with Gasteiger partial charge in [0.05, 0.1) is 6.54 Å². The number of hydrogen-bond donors (Lipinski definition) is 2. The normalized spacial score (nSPS) is 19.3. The molecule has 1 amide bonds. The van der Waals surface area contributed by atoms with E-state index in [9.17, 15) is 9.90 Å². The lowest BCUT2D eigenvalue weighted by atomic mass is 10.1. The van der Waals surface area contributed by atoms with Crippen molar-refractivity contribution in [1.29, 1.82) is 0 Å². The van der Waals surface area contributed by atoms with Crippen molar-refractivity contribution in [3.63, 3.8) is 0 Å². The van der Waals surface area contributed by atoms with E-state index in [-0.39, 0.29) is 12.0 Å². The number of thioether (sulfide) groups is 1. The van der Waals surface area contributed by atoms with Crippen molar-refractivity contribution in [1.82, 2.24) is 9.80 Å². The monoisotopic (exact) mass is 499 g/mol. The number of hydrogen-bond acceptors (Lipinski definition) is 7. The molecule has 1 fully saturated rings. The summed E-state index contributed by atoms with van der Waals surface area (Å²) in [5.41, 5.74) is 2.15. The highest BCUT2D eigenvalue weighted by molar-refractivity contribution is 7.98. The van der Waals surface area contributed by atoms with Crippen molar-refractivity contribution < 1.29 is 19.4 Å². The number of aliphatic hydroxyl groups excluding tert-OH is 1. The van der Waals surface area contributed by atoms with Crippen LogP contribution in [0.4, 0.5) is 5.69 Å². The zero-order valence-electron chi connectivity index (χ0n) is 20.7. The number of amides is 1. The molecule has 7 nitrogen and oxygen atoms in total. The van der Waals surface area contributed by atoms with Crippen LogP contribution in [0.5, 0.6) is 11.5 Å². The van der Waals surface area contributed by atoms with E-state index in [0.29, 0.717) is 25.4 Å². The Labute approximate surface area is 212 Å². The highest BCUT2D eigenvalue weighted by Crippen LogP contribution is 2.35. The highest BCUT2D eigenvalue weighted by atomic mass is 32.2. The first kappa shape index (κ1) is 25.8. The topological polar surface area (TPSA) is 74.3 Å². The third kappa shape index (κ3) is 7.36. The summed E-state index contributed by atoms with van der Waals surface area (Å²) in [6.07, 6.45) is 4.44. The van der Waals surface area contributed by atoms with Gasteiger partial charge in [-0.25, -0.2) is 0 Å². The van der Waals surface area contributed by atoms with Crippen molar-refractivity contribution in [3.8, 4) is 11.5 Å². The Hall–Kier alpha value is -2.26. The van der Waals surface area contributed by atoms with Crippen LogP contribution in [0.25, 0.3) is 0 Å². The zero-order valence-corrected chi connectivity index (χ0v) is 21.6. The van der Waals surface area contributed by atoms with Gasteiger partial charge < -0.3 is 19.9 Å². The summed E-state index contributed by atoms with van der Waals surface area (Å²) in [5, 5.41) is 13.8. The standard InChI is InChI=1S/C27H37N3O4S/c1-3-4-5-20-6-8-21(9-7-20)28-27(32)18-30-14-12-29(13-15-30)17-23(31)26-19-33-25-16-22(35-2)10-11-24(25)34-26/h6-11,16,23,26,31H,3-5,12-15,17-19H2,1-2H3,(H,28,32). The van der Waals surface area contributed by atoms with Crippen LogP contribution in [-0.4, -0.2) is 85.2 Å². The maximum Gasteiger partial charge on any atom is 0.238 e. The van der Waals surface area contributed by atoms with E-state index in [0.717, 1.165) is 48.9 Å². The number of nitrogens with one attached hydrogen (secondary N) is 1. The number of rotatable bonds is 10. The first-order valence-electron chi connectivity index (χ1n) is 12.5. The van der Waals surface area contributed by atoms with Crippen molar-refractivity contribution in [2.24, 2.45) is 0 Å². The molecule has 2 unspecified atom stereocenters. The summed E-state index contributed by atoms with van der Waals surface area (Å²) in [5.74, 6) is 1.43. The predicted octanol–water partition coefficient (Wildman–Crippen LogP) is 3.51. The largest absolute Gasteiger partial charge is 0.486 e. The minimum atomic E-state index is -0.640. The molecule has 4 rings (SSSR count). The summed E-state index contributed by atoms with van der Waals surface area (Å²) in [7, 11) is 0. The van der Waals surface area contributed by atoms with E-state index in [1.165, 1.54) is 18.4 Å². The molecule has 2 heterocycles. The van der Waals surface area contributed by atoms with E-state index < -0.39 is 6.10 Å². The van der Waals surface area contributed by atoms with Gasteiger partial charge in [0.25, 0.3) is 0 Å². The number of nitrogens with zero attached hydrogens (tertiary/aromatic N) is 2. The average Bonchev–Trinajstić information content (AvgIpc) is 2.88. The van der Waals surface area contributed by atoms with E-state index >= 15 is 0 Å². The van der Waals surface area contributed by atoms with Crippen LogP contribution in [0.3, 0.4) is 0 Å².